The molecule has 0 unspecified atom stereocenters. The van der Waals surface area contributed by atoms with Gasteiger partial charge in [-0.2, -0.15) is 0 Å². The minimum atomic E-state index is -0.240. The van der Waals surface area contributed by atoms with E-state index in [4.69, 9.17) is 0 Å². The summed E-state index contributed by atoms with van der Waals surface area (Å²) in [5, 5.41) is 3.71. The largest absolute Gasteiger partial charge is 0.311 e. The Balaban J connectivity index is 1.33. The van der Waals surface area contributed by atoms with Gasteiger partial charge in [-0.3, -0.25) is 0 Å². The second-order valence-electron chi connectivity index (χ2n) is 13.0. The van der Waals surface area contributed by atoms with Gasteiger partial charge in [-0.25, -0.2) is 4.39 Å². The van der Waals surface area contributed by atoms with E-state index in [0.717, 1.165) is 28.4 Å². The normalized spacial score (nSPS) is 13.2. The molecule has 2 aromatic heterocycles. The highest BCUT2D eigenvalue weighted by molar-refractivity contribution is 7.34. The monoisotopic (exact) mass is 659 g/mol. The molecular weight excluding hydrogens is 632 g/mol. The lowest BCUT2D eigenvalue weighted by atomic mass is 9.35. The number of rotatable bonds is 3. The quantitative estimate of drug-likeness (QED) is 0.175. The molecule has 11 rings (SSSR count). The fraction of sp³-hybridized carbons (Fsp3) is 0. The second kappa shape index (κ2) is 10.4. The van der Waals surface area contributed by atoms with Gasteiger partial charge in [0.25, 0.3) is 6.71 Å². The van der Waals surface area contributed by atoms with Gasteiger partial charge in [-0.1, -0.05) is 78.9 Å². The third kappa shape index (κ3) is 3.74. The summed E-state index contributed by atoms with van der Waals surface area (Å²) < 4.78 is 19.4. The van der Waals surface area contributed by atoms with Crippen molar-refractivity contribution < 1.29 is 4.39 Å². The predicted molar refractivity (Wildman–Crippen MR) is 210 cm³/mol. The third-order valence-corrected chi connectivity index (χ3v) is 11.6. The number of fused-ring (bicyclic) bond motifs is 10. The zero-order valence-electron chi connectivity index (χ0n) is 26.8. The molecule has 0 aliphatic carbocycles. The van der Waals surface area contributed by atoms with E-state index in [0.29, 0.717) is 0 Å². The number of benzene rings is 7. The molecule has 2 aliphatic rings. The Morgan fingerprint density at radius 2 is 1.08 bits per heavy atom. The van der Waals surface area contributed by atoms with E-state index in [9.17, 15) is 4.39 Å². The van der Waals surface area contributed by atoms with Gasteiger partial charge in [-0.15, -0.1) is 11.3 Å². The zero-order valence-corrected chi connectivity index (χ0v) is 27.6. The van der Waals surface area contributed by atoms with E-state index < -0.39 is 0 Å². The van der Waals surface area contributed by atoms with Crippen molar-refractivity contribution in [3.63, 3.8) is 0 Å². The summed E-state index contributed by atoms with van der Waals surface area (Å²) in [7, 11) is 0. The molecule has 0 spiro atoms. The van der Waals surface area contributed by atoms with Gasteiger partial charge in [0, 0.05) is 59.8 Å². The van der Waals surface area contributed by atoms with Crippen molar-refractivity contribution >= 4 is 99.8 Å². The van der Waals surface area contributed by atoms with Crippen LogP contribution in [-0.2, 0) is 0 Å². The van der Waals surface area contributed by atoms with E-state index in [2.05, 4.69) is 154 Å². The molecule has 0 bridgehead atoms. The lowest BCUT2D eigenvalue weighted by molar-refractivity contribution is 0.628. The van der Waals surface area contributed by atoms with Crippen LogP contribution >= 0.6 is 11.3 Å². The molecule has 2 aliphatic heterocycles. The molecule has 0 fully saturated rings. The highest BCUT2D eigenvalue weighted by atomic mass is 32.1. The molecular formula is C44H27BFN3S. The van der Waals surface area contributed by atoms with Crippen LogP contribution in [0.3, 0.4) is 0 Å². The standard InChI is InChI=1S/C44H27BFN3S/c46-28-22-24-31(25-23-28)49-37-20-11-19-36-41(37)45(44-43(49)33-17-8-10-21-39(33)50-44)42-38(48(36)30-14-5-2-6-15-30)27-26-35-40(42)32-16-7-9-18-34(32)47(35)29-12-3-1-4-13-29/h1-27H. The first-order chi connectivity index (χ1) is 24.8. The molecule has 3 nitrogen and oxygen atoms in total. The van der Waals surface area contributed by atoms with Crippen LogP contribution in [0.25, 0.3) is 37.6 Å². The Labute approximate surface area is 292 Å². The first kappa shape index (κ1) is 27.8. The first-order valence-corrected chi connectivity index (χ1v) is 17.7. The van der Waals surface area contributed by atoms with E-state index in [1.807, 2.05) is 23.5 Å². The summed E-state index contributed by atoms with van der Waals surface area (Å²) in [4.78, 5) is 4.81. The van der Waals surface area contributed by atoms with E-state index in [1.165, 1.54) is 59.0 Å². The fourth-order valence-corrected chi connectivity index (χ4v) is 9.80. The number of aromatic nitrogens is 1. The summed E-state index contributed by atoms with van der Waals surface area (Å²) in [6.07, 6.45) is 0. The highest BCUT2D eigenvalue weighted by Gasteiger charge is 2.46. The molecule has 0 atom stereocenters. The molecule has 4 heterocycles. The van der Waals surface area contributed by atoms with Gasteiger partial charge < -0.3 is 14.4 Å². The van der Waals surface area contributed by atoms with Gasteiger partial charge in [0.1, 0.15) is 5.82 Å². The van der Waals surface area contributed by atoms with Crippen molar-refractivity contribution in [2.45, 2.75) is 0 Å². The average Bonchev–Trinajstić information content (AvgIpc) is 3.72. The Hall–Kier alpha value is -6.11. The summed E-state index contributed by atoms with van der Waals surface area (Å²) in [5.74, 6) is -0.240. The van der Waals surface area contributed by atoms with E-state index in [-0.39, 0.29) is 12.5 Å². The van der Waals surface area contributed by atoms with Crippen molar-refractivity contribution in [1.82, 2.24) is 4.57 Å². The summed E-state index contributed by atoms with van der Waals surface area (Å²) in [5.41, 5.74) is 12.8. The molecule has 7 aromatic carbocycles. The number of nitrogens with zero attached hydrogens (tertiary/aromatic N) is 3. The van der Waals surface area contributed by atoms with Crippen molar-refractivity contribution in [1.29, 1.82) is 0 Å². The molecule has 6 heteroatoms. The molecule has 0 radical (unpaired) electrons. The maximum atomic E-state index is 14.4. The second-order valence-corrected chi connectivity index (χ2v) is 14.1. The van der Waals surface area contributed by atoms with Gasteiger partial charge in [0.05, 0.1) is 16.7 Å². The minimum Gasteiger partial charge on any atom is -0.311 e. The smallest absolute Gasteiger partial charge is 0.265 e. The van der Waals surface area contributed by atoms with Crippen molar-refractivity contribution in [3.05, 3.63) is 170 Å². The Morgan fingerprint density at radius 1 is 0.460 bits per heavy atom. The molecule has 50 heavy (non-hydrogen) atoms. The number of anilines is 6. The van der Waals surface area contributed by atoms with Crippen LogP contribution in [0, 0.1) is 5.82 Å². The highest BCUT2D eigenvalue weighted by Crippen LogP contribution is 2.48. The van der Waals surface area contributed by atoms with E-state index in [1.54, 1.807) is 12.1 Å². The van der Waals surface area contributed by atoms with Crippen LogP contribution in [0.5, 0.6) is 0 Å². The molecule has 0 saturated heterocycles. The number of hydrogen-bond acceptors (Lipinski definition) is 3. The summed E-state index contributed by atoms with van der Waals surface area (Å²) >= 11 is 1.88. The molecule has 0 N–H and O–H groups in total. The van der Waals surface area contributed by atoms with Crippen molar-refractivity contribution in [2.24, 2.45) is 0 Å². The Morgan fingerprint density at radius 3 is 1.86 bits per heavy atom. The molecule has 0 amide bonds. The zero-order chi connectivity index (χ0) is 32.9. The fourth-order valence-electron chi connectivity index (χ4n) is 8.49. The number of halogens is 1. The molecule has 0 saturated carbocycles. The van der Waals surface area contributed by atoms with Crippen molar-refractivity contribution in [3.8, 4) is 5.69 Å². The van der Waals surface area contributed by atoms with Gasteiger partial charge in [0.15, 0.2) is 0 Å². The van der Waals surface area contributed by atoms with Crippen LogP contribution in [0.4, 0.5) is 38.5 Å². The van der Waals surface area contributed by atoms with Crippen LogP contribution in [0.15, 0.2) is 164 Å². The number of para-hydroxylation sites is 3. The number of thiophene rings is 1. The number of hydrogen-bond donors (Lipinski definition) is 0. The minimum absolute atomic E-state index is 0.0287. The third-order valence-electron chi connectivity index (χ3n) is 10.4. The van der Waals surface area contributed by atoms with Crippen LogP contribution < -0.4 is 25.5 Å². The van der Waals surface area contributed by atoms with Gasteiger partial charge in [-0.05, 0) is 95.9 Å². The predicted octanol–water partition coefficient (Wildman–Crippen LogP) is 10.2. The average molecular weight is 660 g/mol. The Bertz CT molecular complexity index is 2790. The van der Waals surface area contributed by atoms with E-state index >= 15 is 0 Å². The first-order valence-electron chi connectivity index (χ1n) is 16.9. The summed E-state index contributed by atoms with van der Waals surface area (Å²) in [6, 6.07) is 57.2. The Kier molecular flexibility index (Phi) is 5.81. The van der Waals surface area contributed by atoms with Crippen LogP contribution in [0.1, 0.15) is 0 Å². The van der Waals surface area contributed by atoms with Crippen LogP contribution in [-0.4, -0.2) is 11.3 Å². The maximum absolute atomic E-state index is 14.4. The van der Waals surface area contributed by atoms with Crippen LogP contribution in [0.2, 0.25) is 0 Å². The SMILES string of the molecule is Fc1ccc(N2c3cccc4c3B(c3sc5ccccc5c32)c2c(ccc3c2c2ccccc2n3-c2ccccc2)N4c2ccccc2)cc1. The summed E-state index contributed by atoms with van der Waals surface area (Å²) in [6.45, 7) is -0.0287. The lowest BCUT2D eigenvalue weighted by Crippen LogP contribution is -2.60. The van der Waals surface area contributed by atoms with Gasteiger partial charge >= 0.3 is 0 Å². The maximum Gasteiger partial charge on any atom is 0.265 e. The molecule has 234 valence electrons. The topological polar surface area (TPSA) is 11.4 Å². The van der Waals surface area contributed by atoms with Crippen molar-refractivity contribution in [2.75, 3.05) is 9.80 Å². The molecule has 9 aromatic rings. The lowest BCUT2D eigenvalue weighted by Gasteiger charge is -2.43. The van der Waals surface area contributed by atoms with Gasteiger partial charge in [0.2, 0.25) is 0 Å².